The van der Waals surface area contributed by atoms with Crippen LogP contribution in [-0.2, 0) is 18.9 Å². The van der Waals surface area contributed by atoms with Crippen LogP contribution in [-0.4, -0.2) is 90.8 Å². The summed E-state index contributed by atoms with van der Waals surface area (Å²) in [6, 6.07) is 0. The molecule has 0 aromatic carbocycles. The summed E-state index contributed by atoms with van der Waals surface area (Å²) in [6.45, 7) is 2.84. The molecule has 1 aliphatic heterocycles. The minimum atomic E-state index is -1.45. The summed E-state index contributed by atoms with van der Waals surface area (Å²) in [7, 11) is 1.54. The van der Waals surface area contributed by atoms with Crippen molar-refractivity contribution in [1.29, 1.82) is 0 Å². The standard InChI is InChI=1S/C20H40O8/c1-3-4-5-6-7-8-9-10-11-26-13-15(25-2)14-27-20-19(24)18(23)17(22)16(12-21)28-20/h15-24H,3-14H2,1-2H3. The van der Waals surface area contributed by atoms with Crippen molar-refractivity contribution in [2.24, 2.45) is 0 Å². The van der Waals surface area contributed by atoms with E-state index in [4.69, 9.17) is 18.9 Å². The Bertz CT molecular complexity index is 368. The lowest BCUT2D eigenvalue weighted by molar-refractivity contribution is -0.305. The Labute approximate surface area is 168 Å². The number of ether oxygens (including phenoxy) is 4. The fourth-order valence-electron chi connectivity index (χ4n) is 3.14. The van der Waals surface area contributed by atoms with E-state index < -0.39 is 37.3 Å². The second kappa shape index (κ2) is 15.5. The smallest absolute Gasteiger partial charge is 0.186 e. The number of aliphatic hydroxyl groups is 4. The normalized spacial score (nSPS) is 29.1. The zero-order valence-corrected chi connectivity index (χ0v) is 17.4. The predicted molar refractivity (Wildman–Crippen MR) is 104 cm³/mol. The molecule has 1 fully saturated rings. The molecule has 0 radical (unpaired) electrons. The third-order valence-corrected chi connectivity index (χ3v) is 5.07. The highest BCUT2D eigenvalue weighted by Crippen LogP contribution is 2.22. The van der Waals surface area contributed by atoms with Gasteiger partial charge in [0.15, 0.2) is 6.29 Å². The van der Waals surface area contributed by atoms with Gasteiger partial charge in [0.05, 0.1) is 19.8 Å². The number of unbranched alkanes of at least 4 members (excludes halogenated alkanes) is 7. The molecule has 0 amide bonds. The Morgan fingerprint density at radius 3 is 2.11 bits per heavy atom. The quantitative estimate of drug-likeness (QED) is 0.279. The topological polar surface area (TPSA) is 118 Å². The van der Waals surface area contributed by atoms with Gasteiger partial charge in [-0.1, -0.05) is 51.9 Å². The van der Waals surface area contributed by atoms with Crippen molar-refractivity contribution in [2.75, 3.05) is 33.5 Å². The van der Waals surface area contributed by atoms with Crippen molar-refractivity contribution < 1.29 is 39.4 Å². The van der Waals surface area contributed by atoms with E-state index in [-0.39, 0.29) is 12.7 Å². The first-order valence-corrected chi connectivity index (χ1v) is 10.6. The lowest BCUT2D eigenvalue weighted by Crippen LogP contribution is -2.59. The van der Waals surface area contributed by atoms with Crippen LogP contribution in [0, 0.1) is 0 Å². The van der Waals surface area contributed by atoms with Crippen LogP contribution in [0.5, 0.6) is 0 Å². The monoisotopic (exact) mass is 408 g/mol. The maximum atomic E-state index is 9.96. The Morgan fingerprint density at radius 2 is 1.50 bits per heavy atom. The minimum absolute atomic E-state index is 0.0939. The van der Waals surface area contributed by atoms with Crippen molar-refractivity contribution in [3.05, 3.63) is 0 Å². The Morgan fingerprint density at radius 1 is 0.857 bits per heavy atom. The molecule has 1 rings (SSSR count). The van der Waals surface area contributed by atoms with Crippen LogP contribution in [0.25, 0.3) is 0 Å². The first kappa shape index (κ1) is 25.7. The van der Waals surface area contributed by atoms with Crippen LogP contribution in [0.3, 0.4) is 0 Å². The molecule has 8 heteroatoms. The summed E-state index contributed by atoms with van der Waals surface area (Å²) in [5, 5.41) is 38.7. The van der Waals surface area contributed by atoms with Gasteiger partial charge in [-0.2, -0.15) is 0 Å². The van der Waals surface area contributed by atoms with Crippen LogP contribution in [0.1, 0.15) is 58.3 Å². The van der Waals surface area contributed by atoms with Crippen molar-refractivity contribution in [2.45, 2.75) is 95.1 Å². The third kappa shape index (κ3) is 9.45. The molecule has 0 aliphatic carbocycles. The predicted octanol–water partition coefficient (Wildman–Crippen LogP) is 0.975. The highest BCUT2D eigenvalue weighted by atomic mass is 16.7. The van der Waals surface area contributed by atoms with E-state index in [1.54, 1.807) is 7.11 Å². The largest absolute Gasteiger partial charge is 0.394 e. The second-order valence-electron chi connectivity index (χ2n) is 7.44. The minimum Gasteiger partial charge on any atom is -0.394 e. The third-order valence-electron chi connectivity index (χ3n) is 5.07. The molecule has 0 aromatic heterocycles. The van der Waals surface area contributed by atoms with Crippen LogP contribution in [0.15, 0.2) is 0 Å². The average Bonchev–Trinajstić information content (AvgIpc) is 2.71. The fourth-order valence-corrected chi connectivity index (χ4v) is 3.14. The summed E-state index contributed by atoms with van der Waals surface area (Å²) in [5.41, 5.74) is 0. The SMILES string of the molecule is CCCCCCCCCCOCC(COC1OC(CO)C(O)C(O)C1O)OC. The highest BCUT2D eigenvalue weighted by Gasteiger charge is 2.44. The van der Waals surface area contributed by atoms with Gasteiger partial charge in [0.2, 0.25) is 0 Å². The van der Waals surface area contributed by atoms with Gasteiger partial charge in [0, 0.05) is 13.7 Å². The average molecular weight is 409 g/mol. The summed E-state index contributed by atoms with van der Waals surface area (Å²) < 4.78 is 21.7. The zero-order chi connectivity index (χ0) is 20.8. The maximum absolute atomic E-state index is 9.96. The number of hydrogen-bond donors (Lipinski definition) is 4. The van der Waals surface area contributed by atoms with Crippen molar-refractivity contribution in [1.82, 2.24) is 0 Å². The van der Waals surface area contributed by atoms with Gasteiger partial charge in [-0.25, -0.2) is 0 Å². The number of methoxy groups -OCH3 is 1. The second-order valence-corrected chi connectivity index (χ2v) is 7.44. The van der Waals surface area contributed by atoms with E-state index in [0.29, 0.717) is 13.2 Å². The molecule has 0 saturated carbocycles. The van der Waals surface area contributed by atoms with Crippen LogP contribution < -0.4 is 0 Å². The van der Waals surface area contributed by atoms with Crippen LogP contribution in [0.4, 0.5) is 0 Å². The molecule has 1 aliphatic rings. The van der Waals surface area contributed by atoms with Gasteiger partial charge in [-0.15, -0.1) is 0 Å². The number of rotatable bonds is 16. The highest BCUT2D eigenvalue weighted by molar-refractivity contribution is 4.88. The summed E-state index contributed by atoms with van der Waals surface area (Å²) >= 11 is 0. The molecular weight excluding hydrogens is 368 g/mol. The van der Waals surface area contributed by atoms with Crippen LogP contribution in [0.2, 0.25) is 0 Å². The molecule has 6 atom stereocenters. The van der Waals surface area contributed by atoms with Gasteiger partial charge in [0.25, 0.3) is 0 Å². The molecule has 28 heavy (non-hydrogen) atoms. The molecule has 0 spiro atoms. The fraction of sp³-hybridized carbons (Fsp3) is 1.00. The molecule has 0 bridgehead atoms. The Balaban J connectivity index is 2.14. The maximum Gasteiger partial charge on any atom is 0.186 e. The van der Waals surface area contributed by atoms with E-state index in [2.05, 4.69) is 6.92 Å². The van der Waals surface area contributed by atoms with Gasteiger partial charge >= 0.3 is 0 Å². The van der Waals surface area contributed by atoms with Gasteiger partial charge < -0.3 is 39.4 Å². The molecule has 1 saturated heterocycles. The van der Waals surface area contributed by atoms with E-state index in [1.165, 1.54) is 38.5 Å². The van der Waals surface area contributed by atoms with E-state index in [0.717, 1.165) is 12.8 Å². The van der Waals surface area contributed by atoms with Crippen molar-refractivity contribution in [3.8, 4) is 0 Å². The first-order valence-electron chi connectivity index (χ1n) is 10.6. The molecule has 8 nitrogen and oxygen atoms in total. The lowest BCUT2D eigenvalue weighted by atomic mass is 9.99. The molecule has 4 N–H and O–H groups in total. The van der Waals surface area contributed by atoms with E-state index in [9.17, 15) is 20.4 Å². The molecule has 6 unspecified atom stereocenters. The summed E-state index contributed by atoms with van der Waals surface area (Å²) in [4.78, 5) is 0. The zero-order valence-electron chi connectivity index (χ0n) is 17.4. The number of hydrogen-bond acceptors (Lipinski definition) is 8. The van der Waals surface area contributed by atoms with Crippen molar-refractivity contribution in [3.63, 3.8) is 0 Å². The summed E-state index contributed by atoms with van der Waals surface area (Å²) in [6.07, 6.45) is 3.20. The van der Waals surface area contributed by atoms with Crippen molar-refractivity contribution >= 4 is 0 Å². The van der Waals surface area contributed by atoms with Crippen LogP contribution >= 0.6 is 0 Å². The Hall–Kier alpha value is -0.320. The lowest BCUT2D eigenvalue weighted by Gasteiger charge is -2.39. The molecular formula is C20H40O8. The summed E-state index contributed by atoms with van der Waals surface area (Å²) in [5.74, 6) is 0. The van der Waals surface area contributed by atoms with Gasteiger partial charge in [0.1, 0.15) is 30.5 Å². The number of aliphatic hydroxyl groups excluding tert-OH is 4. The van der Waals surface area contributed by atoms with E-state index >= 15 is 0 Å². The van der Waals surface area contributed by atoms with E-state index in [1.807, 2.05) is 0 Å². The van der Waals surface area contributed by atoms with Gasteiger partial charge in [-0.3, -0.25) is 0 Å². The molecule has 0 aromatic rings. The molecule has 1 heterocycles. The van der Waals surface area contributed by atoms with Gasteiger partial charge in [-0.05, 0) is 6.42 Å². The Kier molecular flexibility index (Phi) is 14.2. The molecule has 168 valence electrons. The first-order chi connectivity index (χ1) is 13.5.